The van der Waals surface area contributed by atoms with Crippen LogP contribution in [0.4, 0.5) is 0 Å². The van der Waals surface area contributed by atoms with Gasteiger partial charge in [-0.15, -0.1) is 0 Å². The van der Waals surface area contributed by atoms with Crippen molar-refractivity contribution in [3.05, 3.63) is 62.0 Å². The topological polar surface area (TPSA) is 71.2 Å². The summed E-state index contributed by atoms with van der Waals surface area (Å²) in [5.41, 5.74) is 2.07. The van der Waals surface area contributed by atoms with Crippen molar-refractivity contribution in [2.45, 2.75) is 20.3 Å². The molecule has 23 heavy (non-hydrogen) atoms. The Balaban J connectivity index is 2.02. The van der Waals surface area contributed by atoms with Gasteiger partial charge >= 0.3 is 0 Å². The van der Waals surface area contributed by atoms with E-state index in [1.165, 1.54) is 0 Å². The third-order valence-electron chi connectivity index (χ3n) is 3.53. The molecule has 122 valence electrons. The van der Waals surface area contributed by atoms with Gasteiger partial charge in [0, 0.05) is 17.3 Å². The molecule has 1 heterocycles. The number of pyridine rings is 1. The first-order chi connectivity index (χ1) is 10.9. The second kappa shape index (κ2) is 7.33. The third kappa shape index (κ3) is 4.13. The van der Waals surface area contributed by atoms with Crippen LogP contribution in [-0.2, 0) is 6.42 Å². The van der Waals surface area contributed by atoms with Gasteiger partial charge in [-0.25, -0.2) is 0 Å². The van der Waals surface area contributed by atoms with Gasteiger partial charge in [-0.1, -0.05) is 17.7 Å². The summed E-state index contributed by atoms with van der Waals surface area (Å²) in [7, 11) is 1.58. The molecule has 6 heteroatoms. The van der Waals surface area contributed by atoms with Gasteiger partial charge in [-0.2, -0.15) is 0 Å². The quantitative estimate of drug-likeness (QED) is 0.883. The van der Waals surface area contributed by atoms with E-state index in [0.29, 0.717) is 29.3 Å². The zero-order valence-corrected chi connectivity index (χ0v) is 14.1. The second-order valence-electron chi connectivity index (χ2n) is 5.30. The van der Waals surface area contributed by atoms with E-state index in [4.69, 9.17) is 16.3 Å². The van der Waals surface area contributed by atoms with E-state index >= 15 is 0 Å². The fraction of sp³-hybridized carbons (Fsp3) is 0.294. The van der Waals surface area contributed by atoms with Crippen molar-refractivity contribution in [2.75, 3.05) is 13.7 Å². The van der Waals surface area contributed by atoms with Gasteiger partial charge in [0.1, 0.15) is 11.3 Å². The van der Waals surface area contributed by atoms with Gasteiger partial charge in [0.05, 0.1) is 7.11 Å². The first kappa shape index (κ1) is 17.1. The molecule has 0 aliphatic rings. The lowest BCUT2D eigenvalue weighted by Crippen LogP contribution is -2.32. The maximum absolute atomic E-state index is 12.2. The average Bonchev–Trinajstić information content (AvgIpc) is 2.47. The monoisotopic (exact) mass is 334 g/mol. The molecule has 0 saturated heterocycles. The van der Waals surface area contributed by atoms with Gasteiger partial charge in [-0.05, 0) is 49.6 Å². The van der Waals surface area contributed by atoms with Crippen molar-refractivity contribution < 1.29 is 9.53 Å². The molecule has 0 radical (unpaired) electrons. The molecule has 0 atom stereocenters. The van der Waals surface area contributed by atoms with Crippen molar-refractivity contribution in [3.63, 3.8) is 0 Å². The number of hydrogen-bond acceptors (Lipinski definition) is 3. The van der Waals surface area contributed by atoms with Crippen LogP contribution in [0.2, 0.25) is 5.02 Å². The van der Waals surface area contributed by atoms with Crippen molar-refractivity contribution in [3.8, 4) is 5.75 Å². The number of aromatic amines is 1. The summed E-state index contributed by atoms with van der Waals surface area (Å²) in [6.07, 6.45) is 0.567. The van der Waals surface area contributed by atoms with E-state index in [1.807, 2.05) is 12.1 Å². The van der Waals surface area contributed by atoms with Crippen molar-refractivity contribution in [1.29, 1.82) is 0 Å². The number of carbonyl (C=O) groups is 1. The molecular weight excluding hydrogens is 316 g/mol. The summed E-state index contributed by atoms with van der Waals surface area (Å²) >= 11 is 6.16. The van der Waals surface area contributed by atoms with Crippen LogP contribution in [-0.4, -0.2) is 24.5 Å². The molecule has 5 nitrogen and oxygen atoms in total. The van der Waals surface area contributed by atoms with Gasteiger partial charge in [-0.3, -0.25) is 9.59 Å². The van der Waals surface area contributed by atoms with Crippen LogP contribution in [0.3, 0.4) is 0 Å². The minimum absolute atomic E-state index is 0.149. The lowest BCUT2D eigenvalue weighted by atomic mass is 10.1. The smallest absolute Gasteiger partial charge is 0.261 e. The summed E-state index contributed by atoms with van der Waals surface area (Å²) in [6.45, 7) is 3.91. The number of halogens is 1. The Morgan fingerprint density at radius 1 is 1.30 bits per heavy atom. The Morgan fingerprint density at radius 3 is 2.65 bits per heavy atom. The van der Waals surface area contributed by atoms with Crippen LogP contribution in [0.15, 0.2) is 29.1 Å². The van der Waals surface area contributed by atoms with E-state index in [-0.39, 0.29) is 17.0 Å². The normalized spacial score (nSPS) is 10.4. The number of aromatic nitrogens is 1. The summed E-state index contributed by atoms with van der Waals surface area (Å²) < 4.78 is 5.09. The summed E-state index contributed by atoms with van der Waals surface area (Å²) in [5.74, 6) is 0.304. The summed E-state index contributed by atoms with van der Waals surface area (Å²) in [6, 6.07) is 7.18. The highest BCUT2D eigenvalue weighted by molar-refractivity contribution is 6.31. The Kier molecular flexibility index (Phi) is 5.45. The first-order valence-electron chi connectivity index (χ1n) is 7.23. The molecule has 0 aliphatic carbocycles. The minimum Gasteiger partial charge on any atom is -0.497 e. The molecule has 0 spiro atoms. The van der Waals surface area contributed by atoms with E-state index < -0.39 is 0 Å². The van der Waals surface area contributed by atoms with E-state index in [1.54, 1.807) is 33.1 Å². The molecule has 1 aromatic heterocycles. The number of rotatable bonds is 5. The molecule has 0 fully saturated rings. The maximum atomic E-state index is 12.2. The van der Waals surface area contributed by atoms with Crippen LogP contribution >= 0.6 is 11.6 Å². The van der Waals surface area contributed by atoms with Crippen LogP contribution in [0.25, 0.3) is 0 Å². The van der Waals surface area contributed by atoms with Crippen LogP contribution in [0, 0.1) is 13.8 Å². The van der Waals surface area contributed by atoms with E-state index in [9.17, 15) is 9.59 Å². The molecule has 2 N–H and O–H groups in total. The number of carbonyl (C=O) groups excluding carboxylic acids is 1. The van der Waals surface area contributed by atoms with Crippen LogP contribution < -0.4 is 15.6 Å². The summed E-state index contributed by atoms with van der Waals surface area (Å²) in [5, 5.41) is 3.34. The van der Waals surface area contributed by atoms with Crippen LogP contribution in [0.1, 0.15) is 27.2 Å². The number of nitrogens with one attached hydrogen (secondary N) is 2. The molecule has 0 bridgehead atoms. The predicted octanol–water partition coefficient (Wildman–Crippen LogP) is 2.63. The lowest BCUT2D eigenvalue weighted by molar-refractivity contribution is 0.0952. The number of aryl methyl sites for hydroxylation is 2. The molecule has 2 rings (SSSR count). The van der Waals surface area contributed by atoms with Gasteiger partial charge in [0.15, 0.2) is 0 Å². The molecule has 0 aliphatic heterocycles. The van der Waals surface area contributed by atoms with Crippen molar-refractivity contribution in [1.82, 2.24) is 10.3 Å². The maximum Gasteiger partial charge on any atom is 0.261 e. The van der Waals surface area contributed by atoms with Gasteiger partial charge in [0.25, 0.3) is 11.5 Å². The minimum atomic E-state index is -0.381. The Hall–Kier alpha value is -2.27. The fourth-order valence-electron chi connectivity index (χ4n) is 2.39. The Morgan fingerprint density at radius 2 is 2.04 bits per heavy atom. The molecule has 1 amide bonds. The van der Waals surface area contributed by atoms with Crippen LogP contribution in [0.5, 0.6) is 5.75 Å². The van der Waals surface area contributed by atoms with E-state index in [2.05, 4.69) is 10.3 Å². The number of H-pyrrole nitrogens is 1. The van der Waals surface area contributed by atoms with Gasteiger partial charge < -0.3 is 15.0 Å². The highest BCUT2D eigenvalue weighted by atomic mass is 35.5. The molecule has 0 unspecified atom stereocenters. The second-order valence-corrected chi connectivity index (χ2v) is 5.71. The number of ether oxygens (including phenoxy) is 1. The number of benzene rings is 1. The average molecular weight is 335 g/mol. The first-order valence-corrected chi connectivity index (χ1v) is 7.61. The zero-order valence-electron chi connectivity index (χ0n) is 13.3. The predicted molar refractivity (Wildman–Crippen MR) is 90.6 cm³/mol. The summed E-state index contributed by atoms with van der Waals surface area (Å²) in [4.78, 5) is 26.7. The zero-order chi connectivity index (χ0) is 17.0. The Bertz CT molecular complexity index is 784. The lowest BCUT2D eigenvalue weighted by Gasteiger charge is -2.09. The Labute approximate surface area is 139 Å². The van der Waals surface area contributed by atoms with Gasteiger partial charge in [0.2, 0.25) is 0 Å². The standard InChI is InChI=1S/C17H19ClN2O3/c1-10-8-11(2)20-17(22)15(10)16(21)19-7-6-12-4-5-13(23-3)9-14(12)18/h4-5,8-9H,6-7H2,1-3H3,(H,19,21)(H,20,22). The number of methoxy groups -OCH3 is 1. The molecular formula is C17H19ClN2O3. The number of hydrogen-bond donors (Lipinski definition) is 2. The fourth-order valence-corrected chi connectivity index (χ4v) is 2.66. The van der Waals surface area contributed by atoms with E-state index in [0.717, 1.165) is 11.3 Å². The largest absolute Gasteiger partial charge is 0.497 e. The third-order valence-corrected chi connectivity index (χ3v) is 3.88. The molecule has 0 saturated carbocycles. The SMILES string of the molecule is COc1ccc(CCNC(=O)c2c(C)cc(C)[nH]c2=O)c(Cl)c1. The molecule has 2 aromatic rings. The number of amides is 1. The molecule has 1 aromatic carbocycles. The highest BCUT2D eigenvalue weighted by Gasteiger charge is 2.14. The highest BCUT2D eigenvalue weighted by Crippen LogP contribution is 2.22. The van der Waals surface area contributed by atoms with Crippen molar-refractivity contribution >= 4 is 17.5 Å². The van der Waals surface area contributed by atoms with Crippen molar-refractivity contribution in [2.24, 2.45) is 0 Å².